The van der Waals surface area contributed by atoms with E-state index in [0.717, 1.165) is 13.0 Å². The van der Waals surface area contributed by atoms with Gasteiger partial charge in [-0.1, -0.05) is 23.8 Å². The zero-order valence-corrected chi connectivity index (χ0v) is 10.2. The van der Waals surface area contributed by atoms with Crippen molar-refractivity contribution in [3.8, 4) is 0 Å². The molecule has 0 aliphatic heterocycles. The van der Waals surface area contributed by atoms with E-state index in [1.807, 2.05) is 6.92 Å². The molecule has 0 saturated heterocycles. The van der Waals surface area contributed by atoms with Gasteiger partial charge in [0.05, 0.1) is 6.10 Å². The molecular weight excluding hydrogens is 198 g/mol. The van der Waals surface area contributed by atoms with Crippen LogP contribution in [0.2, 0.25) is 0 Å². The first kappa shape index (κ1) is 11.6. The van der Waals surface area contributed by atoms with Gasteiger partial charge in [-0.3, -0.25) is 0 Å². The van der Waals surface area contributed by atoms with Crippen molar-refractivity contribution in [2.24, 2.45) is 0 Å². The lowest BCUT2D eigenvalue weighted by molar-refractivity contribution is 0.182. The summed E-state index contributed by atoms with van der Waals surface area (Å²) in [4.78, 5) is 0. The van der Waals surface area contributed by atoms with Gasteiger partial charge in [0.1, 0.15) is 0 Å². The molecule has 0 amide bonds. The first-order valence-corrected chi connectivity index (χ1v) is 6.17. The molecule has 2 atom stereocenters. The third kappa shape index (κ3) is 2.63. The van der Waals surface area contributed by atoms with Crippen LogP contribution in [0.1, 0.15) is 42.5 Å². The maximum Gasteiger partial charge on any atom is 0.0524 e. The SMILES string of the molecule is Cc1ccc2c(c1)C(NCCC(C)O)CC2. The lowest BCUT2D eigenvalue weighted by Gasteiger charge is -2.15. The number of nitrogens with one attached hydrogen (secondary N) is 1. The first-order chi connectivity index (χ1) is 7.66. The smallest absolute Gasteiger partial charge is 0.0524 e. The van der Waals surface area contributed by atoms with Gasteiger partial charge in [-0.2, -0.15) is 0 Å². The minimum absolute atomic E-state index is 0.203. The van der Waals surface area contributed by atoms with Gasteiger partial charge in [-0.25, -0.2) is 0 Å². The highest BCUT2D eigenvalue weighted by Gasteiger charge is 2.21. The summed E-state index contributed by atoms with van der Waals surface area (Å²) in [6, 6.07) is 7.23. The summed E-state index contributed by atoms with van der Waals surface area (Å²) >= 11 is 0. The molecule has 0 heterocycles. The normalized spacial score (nSPS) is 20.8. The topological polar surface area (TPSA) is 32.3 Å². The Bertz CT molecular complexity index is 360. The zero-order chi connectivity index (χ0) is 11.5. The summed E-state index contributed by atoms with van der Waals surface area (Å²) in [6.45, 7) is 4.88. The highest BCUT2D eigenvalue weighted by atomic mass is 16.3. The van der Waals surface area contributed by atoms with Crippen molar-refractivity contribution < 1.29 is 5.11 Å². The number of hydrogen-bond acceptors (Lipinski definition) is 2. The Morgan fingerprint density at radius 3 is 3.06 bits per heavy atom. The molecule has 2 N–H and O–H groups in total. The second-order valence-corrected chi connectivity index (χ2v) is 4.89. The van der Waals surface area contributed by atoms with Crippen molar-refractivity contribution >= 4 is 0 Å². The number of fused-ring (bicyclic) bond motifs is 1. The van der Waals surface area contributed by atoms with E-state index in [9.17, 15) is 5.11 Å². The van der Waals surface area contributed by atoms with Gasteiger partial charge in [0.2, 0.25) is 0 Å². The van der Waals surface area contributed by atoms with E-state index in [1.54, 1.807) is 0 Å². The lowest BCUT2D eigenvalue weighted by Crippen LogP contribution is -2.23. The third-order valence-electron chi connectivity index (χ3n) is 3.33. The standard InChI is InChI=1S/C14H21NO/c1-10-3-4-12-5-6-14(13(12)9-10)15-8-7-11(2)16/h3-4,9,11,14-16H,5-8H2,1-2H3. The summed E-state index contributed by atoms with van der Waals surface area (Å²) in [6.07, 6.45) is 3.00. The second-order valence-electron chi connectivity index (χ2n) is 4.89. The highest BCUT2D eigenvalue weighted by molar-refractivity contribution is 5.37. The van der Waals surface area contributed by atoms with Gasteiger partial charge in [-0.15, -0.1) is 0 Å². The highest BCUT2D eigenvalue weighted by Crippen LogP contribution is 2.31. The molecule has 1 aromatic rings. The number of aliphatic hydroxyl groups excluding tert-OH is 1. The van der Waals surface area contributed by atoms with Gasteiger partial charge < -0.3 is 10.4 Å². The van der Waals surface area contributed by atoms with Crippen LogP contribution in [-0.4, -0.2) is 17.8 Å². The molecule has 0 saturated carbocycles. The molecule has 0 aromatic heterocycles. The molecule has 0 bridgehead atoms. The Labute approximate surface area is 97.7 Å². The molecule has 1 aliphatic carbocycles. The van der Waals surface area contributed by atoms with Crippen molar-refractivity contribution in [3.63, 3.8) is 0 Å². The molecule has 2 unspecified atom stereocenters. The van der Waals surface area contributed by atoms with Crippen molar-refractivity contribution in [2.75, 3.05) is 6.54 Å². The lowest BCUT2D eigenvalue weighted by atomic mass is 10.0. The Morgan fingerprint density at radius 2 is 2.31 bits per heavy atom. The average Bonchev–Trinajstić information content (AvgIpc) is 2.60. The molecule has 1 aliphatic rings. The first-order valence-electron chi connectivity index (χ1n) is 6.17. The number of rotatable bonds is 4. The molecule has 0 spiro atoms. The van der Waals surface area contributed by atoms with Crippen LogP contribution in [0, 0.1) is 6.92 Å². The van der Waals surface area contributed by atoms with Crippen LogP contribution in [-0.2, 0) is 6.42 Å². The van der Waals surface area contributed by atoms with Crippen LogP contribution in [0.3, 0.4) is 0 Å². The van der Waals surface area contributed by atoms with Crippen molar-refractivity contribution in [3.05, 3.63) is 34.9 Å². The minimum Gasteiger partial charge on any atom is -0.393 e. The number of aryl methyl sites for hydroxylation is 2. The number of aliphatic hydroxyl groups is 1. The van der Waals surface area contributed by atoms with E-state index in [2.05, 4.69) is 30.4 Å². The summed E-state index contributed by atoms with van der Waals surface area (Å²) in [7, 11) is 0. The minimum atomic E-state index is -0.203. The van der Waals surface area contributed by atoms with E-state index >= 15 is 0 Å². The molecule has 0 fully saturated rings. The van der Waals surface area contributed by atoms with Crippen LogP contribution >= 0.6 is 0 Å². The van der Waals surface area contributed by atoms with E-state index in [0.29, 0.717) is 6.04 Å². The van der Waals surface area contributed by atoms with E-state index < -0.39 is 0 Å². The van der Waals surface area contributed by atoms with Crippen molar-refractivity contribution in [1.29, 1.82) is 0 Å². The molecule has 1 aromatic carbocycles. The van der Waals surface area contributed by atoms with Gasteiger partial charge in [0, 0.05) is 6.04 Å². The fourth-order valence-electron chi connectivity index (χ4n) is 2.40. The second kappa shape index (κ2) is 4.98. The Hall–Kier alpha value is -0.860. The largest absolute Gasteiger partial charge is 0.393 e. The monoisotopic (exact) mass is 219 g/mol. The number of benzene rings is 1. The molecule has 0 radical (unpaired) electrons. The quantitative estimate of drug-likeness (QED) is 0.814. The zero-order valence-electron chi connectivity index (χ0n) is 10.2. The molecule has 16 heavy (non-hydrogen) atoms. The molecule has 2 rings (SSSR count). The molecule has 2 nitrogen and oxygen atoms in total. The van der Waals surface area contributed by atoms with Gasteiger partial charge >= 0.3 is 0 Å². The molecular formula is C14H21NO. The van der Waals surface area contributed by atoms with Crippen LogP contribution in [0.15, 0.2) is 18.2 Å². The van der Waals surface area contributed by atoms with E-state index in [4.69, 9.17) is 0 Å². The van der Waals surface area contributed by atoms with E-state index in [-0.39, 0.29) is 6.10 Å². The molecule has 2 heteroatoms. The Balaban J connectivity index is 1.97. The van der Waals surface area contributed by atoms with Gasteiger partial charge in [0.25, 0.3) is 0 Å². The summed E-state index contributed by atoms with van der Waals surface area (Å²) in [5, 5.41) is 12.8. The van der Waals surface area contributed by atoms with Gasteiger partial charge in [-0.05, 0) is 50.8 Å². The van der Waals surface area contributed by atoms with Crippen molar-refractivity contribution in [2.45, 2.75) is 45.3 Å². The average molecular weight is 219 g/mol. The van der Waals surface area contributed by atoms with Crippen LogP contribution in [0.5, 0.6) is 0 Å². The van der Waals surface area contributed by atoms with Crippen LogP contribution < -0.4 is 5.32 Å². The third-order valence-corrected chi connectivity index (χ3v) is 3.33. The van der Waals surface area contributed by atoms with Crippen LogP contribution in [0.4, 0.5) is 0 Å². The maximum atomic E-state index is 9.23. The predicted octanol–water partition coefficient (Wildman–Crippen LogP) is 2.34. The molecule has 88 valence electrons. The summed E-state index contributed by atoms with van der Waals surface area (Å²) in [5.74, 6) is 0. The summed E-state index contributed by atoms with van der Waals surface area (Å²) < 4.78 is 0. The Morgan fingerprint density at radius 1 is 1.50 bits per heavy atom. The number of hydrogen-bond donors (Lipinski definition) is 2. The maximum absolute atomic E-state index is 9.23. The van der Waals surface area contributed by atoms with E-state index in [1.165, 1.54) is 29.5 Å². The van der Waals surface area contributed by atoms with Gasteiger partial charge in [0.15, 0.2) is 0 Å². The Kier molecular flexibility index (Phi) is 3.62. The van der Waals surface area contributed by atoms with Crippen molar-refractivity contribution in [1.82, 2.24) is 5.32 Å². The fraction of sp³-hybridized carbons (Fsp3) is 0.571. The van der Waals surface area contributed by atoms with Crippen LogP contribution in [0.25, 0.3) is 0 Å². The predicted molar refractivity (Wildman–Crippen MR) is 66.5 cm³/mol. The fourth-order valence-corrected chi connectivity index (χ4v) is 2.40. The summed E-state index contributed by atoms with van der Waals surface area (Å²) in [5.41, 5.74) is 4.29.